The standard InChI is InChI=1S/C11H18ClN3O/c1-2-3-4-5-6-7-15-8-14-10(12)9(13)11(15)16/h8H,2-7,13H2,1H3. The molecule has 0 bridgehead atoms. The number of unbranched alkanes of at least 4 members (excludes halogenated alkanes) is 4. The van der Waals surface area contributed by atoms with Gasteiger partial charge in [0.15, 0.2) is 5.15 Å². The number of aromatic nitrogens is 2. The lowest BCUT2D eigenvalue weighted by atomic mass is 10.1. The Hall–Kier alpha value is -1.03. The fourth-order valence-corrected chi connectivity index (χ4v) is 1.65. The Morgan fingerprint density at radius 1 is 1.38 bits per heavy atom. The van der Waals surface area contributed by atoms with Gasteiger partial charge in [0, 0.05) is 6.54 Å². The maximum Gasteiger partial charge on any atom is 0.278 e. The third kappa shape index (κ3) is 3.52. The van der Waals surface area contributed by atoms with Crippen LogP contribution >= 0.6 is 11.6 Å². The van der Waals surface area contributed by atoms with Gasteiger partial charge in [0.1, 0.15) is 5.69 Å². The monoisotopic (exact) mass is 243 g/mol. The summed E-state index contributed by atoms with van der Waals surface area (Å²) >= 11 is 5.64. The fourth-order valence-electron chi connectivity index (χ4n) is 1.53. The van der Waals surface area contributed by atoms with Gasteiger partial charge >= 0.3 is 0 Å². The normalized spacial score (nSPS) is 10.6. The molecular formula is C11H18ClN3O. The Morgan fingerprint density at radius 3 is 2.75 bits per heavy atom. The van der Waals surface area contributed by atoms with Crippen molar-refractivity contribution in [3.8, 4) is 0 Å². The van der Waals surface area contributed by atoms with Gasteiger partial charge in [-0.05, 0) is 6.42 Å². The van der Waals surface area contributed by atoms with Crippen LogP contribution < -0.4 is 11.3 Å². The molecule has 0 aliphatic rings. The van der Waals surface area contributed by atoms with Crippen molar-refractivity contribution < 1.29 is 0 Å². The van der Waals surface area contributed by atoms with Gasteiger partial charge in [0.05, 0.1) is 6.33 Å². The van der Waals surface area contributed by atoms with Gasteiger partial charge in [0.2, 0.25) is 0 Å². The second-order valence-corrected chi connectivity index (χ2v) is 4.22. The predicted molar refractivity (Wildman–Crippen MR) is 66.7 cm³/mol. The number of hydrogen-bond donors (Lipinski definition) is 1. The van der Waals surface area contributed by atoms with Crippen LogP contribution in [0.4, 0.5) is 5.69 Å². The largest absolute Gasteiger partial charge is 0.392 e. The summed E-state index contributed by atoms with van der Waals surface area (Å²) in [6.45, 7) is 2.84. The van der Waals surface area contributed by atoms with Crippen LogP contribution in [0.1, 0.15) is 39.0 Å². The minimum atomic E-state index is -0.240. The third-order valence-corrected chi connectivity index (χ3v) is 2.83. The molecule has 0 radical (unpaired) electrons. The maximum absolute atomic E-state index is 11.6. The molecule has 0 unspecified atom stereocenters. The number of nitrogens with two attached hydrogens (primary N) is 1. The first kappa shape index (κ1) is 13.0. The van der Waals surface area contributed by atoms with Crippen LogP contribution in [0, 0.1) is 0 Å². The summed E-state index contributed by atoms with van der Waals surface area (Å²) in [6.07, 6.45) is 7.24. The number of nitrogen functional groups attached to an aromatic ring is 1. The smallest absolute Gasteiger partial charge is 0.278 e. The maximum atomic E-state index is 11.6. The van der Waals surface area contributed by atoms with Crippen molar-refractivity contribution in [3.05, 3.63) is 21.8 Å². The van der Waals surface area contributed by atoms with Crippen molar-refractivity contribution in [2.24, 2.45) is 0 Å². The van der Waals surface area contributed by atoms with Gasteiger partial charge in [-0.25, -0.2) is 4.98 Å². The SMILES string of the molecule is CCCCCCCn1cnc(Cl)c(N)c1=O. The Kier molecular flexibility index (Phi) is 5.32. The van der Waals surface area contributed by atoms with E-state index >= 15 is 0 Å². The summed E-state index contributed by atoms with van der Waals surface area (Å²) in [7, 11) is 0. The lowest BCUT2D eigenvalue weighted by molar-refractivity contribution is 0.554. The van der Waals surface area contributed by atoms with Crippen molar-refractivity contribution in [3.63, 3.8) is 0 Å². The Morgan fingerprint density at radius 2 is 2.06 bits per heavy atom. The van der Waals surface area contributed by atoms with E-state index in [4.69, 9.17) is 17.3 Å². The van der Waals surface area contributed by atoms with E-state index in [9.17, 15) is 4.79 Å². The number of halogens is 1. The molecule has 0 saturated heterocycles. The van der Waals surface area contributed by atoms with E-state index in [2.05, 4.69) is 11.9 Å². The highest BCUT2D eigenvalue weighted by Crippen LogP contribution is 2.09. The molecule has 5 heteroatoms. The van der Waals surface area contributed by atoms with E-state index in [1.165, 1.54) is 30.2 Å². The third-order valence-electron chi connectivity index (χ3n) is 2.53. The Balaban J connectivity index is 2.49. The molecule has 4 nitrogen and oxygen atoms in total. The molecule has 0 atom stereocenters. The first-order chi connectivity index (χ1) is 7.66. The van der Waals surface area contributed by atoms with Gasteiger partial charge in [-0.15, -0.1) is 0 Å². The molecule has 0 saturated carbocycles. The number of anilines is 1. The van der Waals surface area contributed by atoms with E-state index in [0.29, 0.717) is 6.54 Å². The fraction of sp³-hybridized carbons (Fsp3) is 0.636. The van der Waals surface area contributed by atoms with Gasteiger partial charge in [-0.1, -0.05) is 44.2 Å². The first-order valence-electron chi connectivity index (χ1n) is 5.67. The summed E-state index contributed by atoms with van der Waals surface area (Å²) in [5, 5.41) is 0.0900. The highest BCUT2D eigenvalue weighted by Gasteiger charge is 2.05. The molecule has 1 heterocycles. The van der Waals surface area contributed by atoms with Crippen LogP contribution in [0.2, 0.25) is 5.15 Å². The molecule has 0 aromatic carbocycles. The van der Waals surface area contributed by atoms with Crippen LogP contribution in [0.15, 0.2) is 11.1 Å². The highest BCUT2D eigenvalue weighted by atomic mass is 35.5. The molecular weight excluding hydrogens is 226 g/mol. The van der Waals surface area contributed by atoms with Crippen LogP contribution in [0.3, 0.4) is 0 Å². The summed E-state index contributed by atoms with van der Waals surface area (Å²) in [5.74, 6) is 0. The molecule has 0 fully saturated rings. The number of rotatable bonds is 6. The summed E-state index contributed by atoms with van der Waals surface area (Å²) in [6, 6.07) is 0. The summed E-state index contributed by atoms with van der Waals surface area (Å²) < 4.78 is 1.52. The number of aryl methyl sites for hydroxylation is 1. The van der Waals surface area contributed by atoms with E-state index in [0.717, 1.165) is 12.8 Å². The molecule has 1 aromatic rings. The van der Waals surface area contributed by atoms with Gasteiger partial charge in [-0.2, -0.15) is 0 Å². The minimum Gasteiger partial charge on any atom is -0.392 e. The zero-order chi connectivity index (χ0) is 12.0. The second kappa shape index (κ2) is 6.53. The van der Waals surface area contributed by atoms with E-state index in [1.807, 2.05) is 0 Å². The summed E-state index contributed by atoms with van der Waals surface area (Å²) in [5.41, 5.74) is 5.31. The molecule has 1 rings (SSSR count). The van der Waals surface area contributed by atoms with Gasteiger partial charge < -0.3 is 5.73 Å². The highest BCUT2D eigenvalue weighted by molar-refractivity contribution is 6.31. The van der Waals surface area contributed by atoms with Crippen LogP contribution in [-0.4, -0.2) is 9.55 Å². The molecule has 0 aliphatic heterocycles. The van der Waals surface area contributed by atoms with Crippen molar-refractivity contribution in [2.75, 3.05) is 5.73 Å². The first-order valence-corrected chi connectivity index (χ1v) is 6.05. The minimum absolute atomic E-state index is 0.0396. The van der Waals surface area contributed by atoms with Crippen LogP contribution in [0.25, 0.3) is 0 Å². The van der Waals surface area contributed by atoms with Crippen LogP contribution in [-0.2, 0) is 6.54 Å². The zero-order valence-electron chi connectivity index (χ0n) is 9.58. The number of nitrogens with zero attached hydrogens (tertiary/aromatic N) is 2. The van der Waals surface area contributed by atoms with Gasteiger partial charge in [0.25, 0.3) is 5.56 Å². The number of hydrogen-bond acceptors (Lipinski definition) is 3. The average Bonchev–Trinajstić information content (AvgIpc) is 2.28. The van der Waals surface area contributed by atoms with Crippen molar-refractivity contribution in [1.29, 1.82) is 0 Å². The zero-order valence-corrected chi connectivity index (χ0v) is 10.3. The van der Waals surface area contributed by atoms with E-state index < -0.39 is 0 Å². The lowest BCUT2D eigenvalue weighted by Gasteiger charge is -2.06. The van der Waals surface area contributed by atoms with Crippen LogP contribution in [0.5, 0.6) is 0 Å². The topological polar surface area (TPSA) is 60.9 Å². The summed E-state index contributed by atoms with van der Waals surface area (Å²) in [4.78, 5) is 15.5. The Bertz CT molecular complexity index is 389. The molecule has 1 aromatic heterocycles. The van der Waals surface area contributed by atoms with Gasteiger partial charge in [-0.3, -0.25) is 9.36 Å². The van der Waals surface area contributed by atoms with E-state index in [-0.39, 0.29) is 16.4 Å². The molecule has 0 spiro atoms. The predicted octanol–water partition coefficient (Wildman–Crippen LogP) is 2.45. The lowest BCUT2D eigenvalue weighted by Crippen LogP contribution is -2.23. The molecule has 16 heavy (non-hydrogen) atoms. The average molecular weight is 244 g/mol. The van der Waals surface area contributed by atoms with Crippen molar-refractivity contribution >= 4 is 17.3 Å². The van der Waals surface area contributed by atoms with Crippen molar-refractivity contribution in [2.45, 2.75) is 45.6 Å². The molecule has 90 valence electrons. The quantitative estimate of drug-likeness (QED) is 0.617. The molecule has 0 aliphatic carbocycles. The van der Waals surface area contributed by atoms with E-state index in [1.54, 1.807) is 0 Å². The molecule has 2 N–H and O–H groups in total. The Labute approximate surface area is 100 Å². The molecule has 0 amide bonds. The second-order valence-electron chi connectivity index (χ2n) is 3.86. The van der Waals surface area contributed by atoms with Crippen molar-refractivity contribution in [1.82, 2.24) is 9.55 Å².